The molecule has 0 aromatic heterocycles. The van der Waals surface area contributed by atoms with Crippen LogP contribution in [0.2, 0.25) is 15.1 Å². The van der Waals surface area contributed by atoms with Crippen LogP contribution in [-0.2, 0) is 19.6 Å². The van der Waals surface area contributed by atoms with Crippen molar-refractivity contribution >= 4 is 34.8 Å². The molecular formula is C24H24Cl3N3. The number of nitrogens with zero attached hydrogens (tertiary/aromatic N) is 3. The molecule has 0 saturated carbocycles. The molecule has 30 heavy (non-hydrogen) atoms. The van der Waals surface area contributed by atoms with E-state index in [1.165, 1.54) is 16.7 Å². The van der Waals surface area contributed by atoms with Crippen LogP contribution in [-0.4, -0.2) is 34.7 Å². The molecule has 0 spiro atoms. The zero-order chi connectivity index (χ0) is 20.9. The summed E-state index contributed by atoms with van der Waals surface area (Å²) in [5.41, 5.74) is 3.79. The van der Waals surface area contributed by atoms with Gasteiger partial charge in [0.15, 0.2) is 0 Å². The van der Waals surface area contributed by atoms with Crippen molar-refractivity contribution in [2.45, 2.75) is 19.6 Å². The van der Waals surface area contributed by atoms with Gasteiger partial charge in [0.05, 0.1) is 20.0 Å². The molecule has 4 rings (SSSR count). The second kappa shape index (κ2) is 10.1. The monoisotopic (exact) mass is 459 g/mol. The first-order valence-corrected chi connectivity index (χ1v) is 11.1. The van der Waals surface area contributed by atoms with Crippen LogP contribution in [0.4, 0.5) is 0 Å². The van der Waals surface area contributed by atoms with Crippen LogP contribution in [0.15, 0.2) is 72.8 Å². The zero-order valence-corrected chi connectivity index (χ0v) is 18.9. The Morgan fingerprint density at radius 1 is 0.433 bits per heavy atom. The fourth-order valence-corrected chi connectivity index (χ4v) is 4.20. The predicted molar refractivity (Wildman–Crippen MR) is 126 cm³/mol. The molecule has 3 aromatic carbocycles. The second-order valence-corrected chi connectivity index (χ2v) is 9.10. The quantitative estimate of drug-likeness (QED) is 0.425. The first-order chi connectivity index (χ1) is 14.5. The third kappa shape index (κ3) is 6.21. The molecule has 0 N–H and O–H groups in total. The molecule has 1 fully saturated rings. The van der Waals surface area contributed by atoms with Gasteiger partial charge in [0.25, 0.3) is 0 Å². The molecule has 0 bridgehead atoms. The van der Waals surface area contributed by atoms with Crippen molar-refractivity contribution in [3.8, 4) is 0 Å². The molecule has 0 unspecified atom stereocenters. The summed E-state index contributed by atoms with van der Waals surface area (Å²) in [5.74, 6) is 0. The smallest absolute Gasteiger partial charge is 0.0537 e. The Labute approximate surface area is 193 Å². The SMILES string of the molecule is Clc1ccc(CN2CN(Cc3ccc(Cl)cc3)CN(Cc3ccc(Cl)cc3)C2)cc1. The number of hydrogen-bond donors (Lipinski definition) is 0. The van der Waals surface area contributed by atoms with Gasteiger partial charge in [0.2, 0.25) is 0 Å². The first kappa shape index (κ1) is 21.6. The van der Waals surface area contributed by atoms with Gasteiger partial charge < -0.3 is 0 Å². The van der Waals surface area contributed by atoms with E-state index in [9.17, 15) is 0 Å². The molecule has 1 heterocycles. The number of halogens is 3. The van der Waals surface area contributed by atoms with E-state index in [-0.39, 0.29) is 0 Å². The van der Waals surface area contributed by atoms with Crippen molar-refractivity contribution in [3.05, 3.63) is 105 Å². The summed E-state index contributed by atoms with van der Waals surface area (Å²) < 4.78 is 0. The Bertz CT molecular complexity index is 810. The molecule has 1 saturated heterocycles. The summed E-state index contributed by atoms with van der Waals surface area (Å²) in [6.45, 7) is 5.36. The van der Waals surface area contributed by atoms with Gasteiger partial charge in [0.1, 0.15) is 0 Å². The van der Waals surface area contributed by atoms with Crippen LogP contribution >= 0.6 is 34.8 Å². The maximum absolute atomic E-state index is 6.05. The third-order valence-corrected chi connectivity index (χ3v) is 5.91. The Hall–Kier alpha value is -1.59. The van der Waals surface area contributed by atoms with E-state index < -0.39 is 0 Å². The maximum Gasteiger partial charge on any atom is 0.0537 e. The standard InChI is InChI=1S/C24H24Cl3N3/c25-22-7-1-19(2-8-22)13-28-16-29(14-20-3-9-23(26)10-4-20)18-30(17-28)15-21-5-11-24(27)12-6-21/h1-12H,13-18H2. The summed E-state index contributed by atoms with van der Waals surface area (Å²) in [4.78, 5) is 7.37. The van der Waals surface area contributed by atoms with E-state index in [4.69, 9.17) is 34.8 Å². The minimum absolute atomic E-state index is 0.770. The lowest BCUT2D eigenvalue weighted by molar-refractivity contribution is -0.0422. The second-order valence-electron chi connectivity index (χ2n) is 7.79. The summed E-state index contributed by atoms with van der Waals surface area (Å²) in [6.07, 6.45) is 0. The molecule has 156 valence electrons. The van der Waals surface area contributed by atoms with E-state index >= 15 is 0 Å². The van der Waals surface area contributed by atoms with Gasteiger partial charge in [-0.25, -0.2) is 0 Å². The first-order valence-electron chi connectivity index (χ1n) is 9.94. The van der Waals surface area contributed by atoms with Crippen LogP contribution in [0.3, 0.4) is 0 Å². The highest BCUT2D eigenvalue weighted by molar-refractivity contribution is 6.31. The van der Waals surface area contributed by atoms with Crippen molar-refractivity contribution in [1.82, 2.24) is 14.7 Å². The lowest BCUT2D eigenvalue weighted by Crippen LogP contribution is -2.53. The summed E-state index contributed by atoms with van der Waals surface area (Å²) >= 11 is 18.2. The third-order valence-electron chi connectivity index (χ3n) is 5.16. The van der Waals surface area contributed by atoms with Gasteiger partial charge in [0, 0.05) is 34.7 Å². The van der Waals surface area contributed by atoms with Crippen LogP contribution in [0.1, 0.15) is 16.7 Å². The molecule has 0 aliphatic carbocycles. The predicted octanol–water partition coefficient (Wildman–Crippen LogP) is 6.34. The van der Waals surface area contributed by atoms with E-state index in [1.807, 2.05) is 36.4 Å². The van der Waals surface area contributed by atoms with Crippen LogP contribution < -0.4 is 0 Å². The van der Waals surface area contributed by atoms with E-state index in [1.54, 1.807) is 0 Å². The van der Waals surface area contributed by atoms with Crippen molar-refractivity contribution in [3.63, 3.8) is 0 Å². The lowest BCUT2D eigenvalue weighted by Gasteiger charge is -2.42. The molecule has 3 aromatic rings. The fraction of sp³-hybridized carbons (Fsp3) is 0.250. The number of rotatable bonds is 6. The van der Waals surface area contributed by atoms with Crippen molar-refractivity contribution in [2.24, 2.45) is 0 Å². The van der Waals surface area contributed by atoms with Crippen LogP contribution in [0.5, 0.6) is 0 Å². The average molecular weight is 461 g/mol. The van der Waals surface area contributed by atoms with Crippen molar-refractivity contribution < 1.29 is 0 Å². The van der Waals surface area contributed by atoms with E-state index in [0.29, 0.717) is 0 Å². The van der Waals surface area contributed by atoms with Crippen molar-refractivity contribution in [1.29, 1.82) is 0 Å². The zero-order valence-electron chi connectivity index (χ0n) is 16.6. The van der Waals surface area contributed by atoms with Gasteiger partial charge >= 0.3 is 0 Å². The van der Waals surface area contributed by atoms with E-state index in [0.717, 1.165) is 54.7 Å². The van der Waals surface area contributed by atoms with Crippen LogP contribution in [0, 0.1) is 0 Å². The van der Waals surface area contributed by atoms with Gasteiger partial charge in [-0.3, -0.25) is 14.7 Å². The van der Waals surface area contributed by atoms with Gasteiger partial charge in [-0.15, -0.1) is 0 Å². The molecule has 6 heteroatoms. The minimum Gasteiger partial charge on any atom is -0.273 e. The molecule has 1 aliphatic heterocycles. The molecule has 0 amide bonds. The summed E-state index contributed by atoms with van der Waals surface area (Å²) in [6, 6.07) is 24.3. The highest BCUT2D eigenvalue weighted by atomic mass is 35.5. The molecular weight excluding hydrogens is 437 g/mol. The Balaban J connectivity index is 1.47. The summed E-state index contributed by atoms with van der Waals surface area (Å²) in [7, 11) is 0. The normalized spacial score (nSPS) is 16.1. The highest BCUT2D eigenvalue weighted by Gasteiger charge is 2.23. The number of benzene rings is 3. The number of hydrogen-bond acceptors (Lipinski definition) is 3. The molecule has 0 radical (unpaired) electrons. The minimum atomic E-state index is 0.770. The Morgan fingerprint density at radius 2 is 0.667 bits per heavy atom. The topological polar surface area (TPSA) is 9.72 Å². The lowest BCUT2D eigenvalue weighted by atomic mass is 10.2. The van der Waals surface area contributed by atoms with Gasteiger partial charge in [-0.1, -0.05) is 71.2 Å². The molecule has 0 atom stereocenters. The Kier molecular flexibility index (Phi) is 7.32. The van der Waals surface area contributed by atoms with Crippen LogP contribution in [0.25, 0.3) is 0 Å². The summed E-state index contributed by atoms with van der Waals surface area (Å²) in [5, 5.41) is 2.31. The fourth-order valence-electron chi connectivity index (χ4n) is 3.83. The maximum atomic E-state index is 6.05. The average Bonchev–Trinajstić information content (AvgIpc) is 2.73. The van der Waals surface area contributed by atoms with Crippen molar-refractivity contribution in [2.75, 3.05) is 20.0 Å². The van der Waals surface area contributed by atoms with Gasteiger partial charge in [-0.2, -0.15) is 0 Å². The highest BCUT2D eigenvalue weighted by Crippen LogP contribution is 2.20. The molecule has 3 nitrogen and oxygen atoms in total. The Morgan fingerprint density at radius 3 is 0.900 bits per heavy atom. The molecule has 1 aliphatic rings. The van der Waals surface area contributed by atoms with E-state index in [2.05, 4.69) is 51.1 Å². The largest absolute Gasteiger partial charge is 0.273 e. The van der Waals surface area contributed by atoms with Gasteiger partial charge in [-0.05, 0) is 53.1 Å².